The van der Waals surface area contributed by atoms with Gasteiger partial charge in [0.15, 0.2) is 0 Å². The van der Waals surface area contributed by atoms with Crippen LogP contribution in [0.5, 0.6) is 0 Å². The third-order valence-electron chi connectivity index (χ3n) is 3.65. The number of nitrogens with zero attached hydrogens (tertiary/aromatic N) is 1. The quantitative estimate of drug-likeness (QED) is 0.837. The van der Waals surface area contributed by atoms with Crippen molar-refractivity contribution in [3.63, 3.8) is 0 Å². The van der Waals surface area contributed by atoms with Crippen molar-refractivity contribution in [2.45, 2.75) is 25.2 Å². The first-order valence-corrected chi connectivity index (χ1v) is 9.43. The van der Waals surface area contributed by atoms with Crippen LogP contribution in [0.15, 0.2) is 59.5 Å². The number of sulfonamides is 1. The molecule has 0 saturated carbocycles. The van der Waals surface area contributed by atoms with Gasteiger partial charge in [0, 0.05) is 24.3 Å². The largest absolute Gasteiger partial charge is 0.372 e. The molecule has 0 saturated heterocycles. The number of nitrogens with one attached hydrogen (secondary N) is 1. The van der Waals surface area contributed by atoms with Crippen molar-refractivity contribution in [2.75, 3.05) is 18.0 Å². The van der Waals surface area contributed by atoms with Gasteiger partial charge in [0.05, 0.1) is 4.90 Å². The van der Waals surface area contributed by atoms with Gasteiger partial charge in [-0.25, -0.2) is 13.1 Å². The van der Waals surface area contributed by atoms with Gasteiger partial charge in [0.2, 0.25) is 0 Å². The molecule has 2 rings (SSSR count). The molecule has 5 nitrogen and oxygen atoms in total. The van der Waals surface area contributed by atoms with E-state index in [4.69, 9.17) is 0 Å². The fraction of sp³-hybridized carbons (Fsp3) is 0.278. The summed E-state index contributed by atoms with van der Waals surface area (Å²) in [7, 11) is -3.86. The van der Waals surface area contributed by atoms with Gasteiger partial charge in [-0.2, -0.15) is 0 Å². The van der Waals surface area contributed by atoms with Crippen molar-refractivity contribution in [2.24, 2.45) is 0 Å². The standard InChI is InChI=1S/C18H22N2O3S/c1-3-14-20(4-2)16-12-10-15(11-13-16)18(21)19-24(22,23)17-8-6-5-7-9-17/h5-13H,3-4,14H2,1-2H3,(H,19,21). The molecule has 0 unspecified atom stereocenters. The Bertz CT molecular complexity index is 772. The number of benzene rings is 2. The second-order valence-corrected chi connectivity index (χ2v) is 7.06. The summed E-state index contributed by atoms with van der Waals surface area (Å²) in [4.78, 5) is 14.5. The summed E-state index contributed by atoms with van der Waals surface area (Å²) in [6.07, 6.45) is 1.03. The molecule has 0 fully saturated rings. The molecule has 0 aromatic heterocycles. The molecule has 0 aliphatic rings. The smallest absolute Gasteiger partial charge is 0.264 e. The Balaban J connectivity index is 2.13. The predicted molar refractivity (Wildman–Crippen MR) is 95.7 cm³/mol. The van der Waals surface area contributed by atoms with Crippen LogP contribution in [0.4, 0.5) is 5.69 Å². The normalized spacial score (nSPS) is 11.1. The van der Waals surface area contributed by atoms with Crippen LogP contribution in [0.1, 0.15) is 30.6 Å². The van der Waals surface area contributed by atoms with Crippen LogP contribution in [0.25, 0.3) is 0 Å². The fourth-order valence-electron chi connectivity index (χ4n) is 2.40. The van der Waals surface area contributed by atoms with Crippen LogP contribution >= 0.6 is 0 Å². The van der Waals surface area contributed by atoms with Gasteiger partial charge in [0.1, 0.15) is 0 Å². The molecule has 1 amide bonds. The van der Waals surface area contributed by atoms with Crippen LogP contribution in [-0.4, -0.2) is 27.4 Å². The maximum atomic E-state index is 12.2. The first kappa shape index (κ1) is 18.0. The van der Waals surface area contributed by atoms with Gasteiger partial charge in [-0.1, -0.05) is 25.1 Å². The van der Waals surface area contributed by atoms with Crippen molar-refractivity contribution in [3.05, 3.63) is 60.2 Å². The minimum Gasteiger partial charge on any atom is -0.372 e. The Labute approximate surface area is 143 Å². The molecule has 0 aliphatic heterocycles. The summed E-state index contributed by atoms with van der Waals surface area (Å²) in [5.74, 6) is -0.635. The third-order valence-corrected chi connectivity index (χ3v) is 5.00. The third kappa shape index (κ3) is 4.35. The van der Waals surface area contributed by atoms with Crippen molar-refractivity contribution in [1.29, 1.82) is 0 Å². The highest BCUT2D eigenvalue weighted by Gasteiger charge is 2.18. The second kappa shape index (κ2) is 7.97. The van der Waals surface area contributed by atoms with Crippen LogP contribution in [-0.2, 0) is 10.0 Å². The number of anilines is 1. The zero-order valence-electron chi connectivity index (χ0n) is 13.9. The second-order valence-electron chi connectivity index (χ2n) is 5.37. The van der Waals surface area contributed by atoms with Crippen molar-refractivity contribution in [1.82, 2.24) is 4.72 Å². The maximum Gasteiger partial charge on any atom is 0.264 e. The molecule has 0 spiro atoms. The molecular formula is C18H22N2O3S. The van der Waals surface area contributed by atoms with E-state index in [0.29, 0.717) is 5.56 Å². The van der Waals surface area contributed by atoms with Crippen molar-refractivity contribution < 1.29 is 13.2 Å². The number of rotatable bonds is 7. The lowest BCUT2D eigenvalue weighted by molar-refractivity contribution is 0.0981. The Morgan fingerprint density at radius 3 is 2.17 bits per heavy atom. The summed E-state index contributed by atoms with van der Waals surface area (Å²) in [6.45, 7) is 5.99. The van der Waals surface area contributed by atoms with E-state index >= 15 is 0 Å². The lowest BCUT2D eigenvalue weighted by atomic mass is 10.2. The van der Waals surface area contributed by atoms with Crippen LogP contribution in [0.3, 0.4) is 0 Å². The highest BCUT2D eigenvalue weighted by Crippen LogP contribution is 2.16. The predicted octanol–water partition coefficient (Wildman–Crippen LogP) is 3.04. The molecule has 0 radical (unpaired) electrons. The molecule has 0 heterocycles. The molecular weight excluding hydrogens is 324 g/mol. The maximum absolute atomic E-state index is 12.2. The number of carbonyl (C=O) groups excluding carboxylic acids is 1. The van der Waals surface area contributed by atoms with Gasteiger partial charge in [0.25, 0.3) is 15.9 Å². The van der Waals surface area contributed by atoms with Gasteiger partial charge >= 0.3 is 0 Å². The molecule has 2 aromatic carbocycles. The lowest BCUT2D eigenvalue weighted by Crippen LogP contribution is -2.30. The van der Waals surface area contributed by atoms with E-state index < -0.39 is 15.9 Å². The molecule has 24 heavy (non-hydrogen) atoms. The van der Waals surface area contributed by atoms with E-state index in [1.807, 2.05) is 12.1 Å². The van der Waals surface area contributed by atoms with Gasteiger partial charge < -0.3 is 4.90 Å². The van der Waals surface area contributed by atoms with E-state index in [9.17, 15) is 13.2 Å². The van der Waals surface area contributed by atoms with Crippen LogP contribution in [0, 0.1) is 0 Å². The topological polar surface area (TPSA) is 66.5 Å². The van der Waals surface area contributed by atoms with E-state index in [0.717, 1.165) is 25.2 Å². The molecule has 0 aliphatic carbocycles. The Hall–Kier alpha value is -2.34. The highest BCUT2D eigenvalue weighted by atomic mass is 32.2. The number of amides is 1. The van der Waals surface area contributed by atoms with Crippen LogP contribution in [0.2, 0.25) is 0 Å². The summed E-state index contributed by atoms with van der Waals surface area (Å²) in [5, 5.41) is 0. The molecule has 1 N–H and O–H groups in total. The van der Waals surface area contributed by atoms with Gasteiger partial charge in [-0.15, -0.1) is 0 Å². The van der Waals surface area contributed by atoms with Crippen molar-refractivity contribution in [3.8, 4) is 0 Å². The number of hydrogen-bond acceptors (Lipinski definition) is 4. The molecule has 0 bridgehead atoms. The highest BCUT2D eigenvalue weighted by molar-refractivity contribution is 7.90. The summed E-state index contributed by atoms with van der Waals surface area (Å²) < 4.78 is 26.5. The fourth-order valence-corrected chi connectivity index (χ4v) is 3.40. The van der Waals surface area contributed by atoms with E-state index in [1.165, 1.54) is 12.1 Å². The molecule has 128 valence electrons. The van der Waals surface area contributed by atoms with Gasteiger partial charge in [-0.3, -0.25) is 4.79 Å². The number of hydrogen-bond donors (Lipinski definition) is 1. The van der Waals surface area contributed by atoms with E-state index in [-0.39, 0.29) is 4.90 Å². The molecule has 0 atom stereocenters. The number of carbonyl (C=O) groups is 1. The minimum absolute atomic E-state index is 0.0649. The molecule has 2 aromatic rings. The zero-order valence-corrected chi connectivity index (χ0v) is 14.7. The van der Waals surface area contributed by atoms with Gasteiger partial charge in [-0.05, 0) is 49.7 Å². The lowest BCUT2D eigenvalue weighted by Gasteiger charge is -2.22. The molecule has 6 heteroatoms. The Morgan fingerprint density at radius 1 is 1.00 bits per heavy atom. The first-order chi connectivity index (χ1) is 11.5. The van der Waals surface area contributed by atoms with E-state index in [1.54, 1.807) is 30.3 Å². The minimum atomic E-state index is -3.86. The summed E-state index contributed by atoms with van der Waals surface area (Å²) >= 11 is 0. The van der Waals surface area contributed by atoms with Crippen molar-refractivity contribution >= 4 is 21.6 Å². The summed E-state index contributed by atoms with van der Waals surface area (Å²) in [6, 6.07) is 14.8. The monoisotopic (exact) mass is 346 g/mol. The Kier molecular flexibility index (Phi) is 5.98. The first-order valence-electron chi connectivity index (χ1n) is 7.95. The average molecular weight is 346 g/mol. The van der Waals surface area contributed by atoms with Crippen LogP contribution < -0.4 is 9.62 Å². The zero-order chi connectivity index (χ0) is 17.6. The SMILES string of the molecule is CCCN(CC)c1ccc(C(=O)NS(=O)(=O)c2ccccc2)cc1. The average Bonchev–Trinajstić information content (AvgIpc) is 2.60. The summed E-state index contributed by atoms with van der Waals surface area (Å²) in [5.41, 5.74) is 1.33. The Morgan fingerprint density at radius 2 is 1.62 bits per heavy atom. The van der Waals surface area contributed by atoms with E-state index in [2.05, 4.69) is 23.5 Å².